The van der Waals surface area contributed by atoms with Crippen LogP contribution in [-0.2, 0) is 9.53 Å². The summed E-state index contributed by atoms with van der Waals surface area (Å²) in [7, 11) is 1.32. The largest absolute Gasteiger partial charge is 0.465 e. The first-order chi connectivity index (χ1) is 10.1. The maximum atomic E-state index is 12.2. The zero-order valence-corrected chi connectivity index (χ0v) is 12.0. The molecule has 0 aromatic heterocycles. The molecular weight excluding hydrogens is 266 g/mol. The van der Waals surface area contributed by atoms with Crippen LogP contribution in [0.1, 0.15) is 28.8 Å². The first-order valence-corrected chi connectivity index (χ1v) is 6.66. The van der Waals surface area contributed by atoms with Crippen molar-refractivity contribution >= 4 is 17.6 Å². The molecule has 1 amide bonds. The van der Waals surface area contributed by atoms with Gasteiger partial charge in [0, 0.05) is 5.69 Å². The average molecular weight is 283 g/mol. The SMILES string of the molecule is COC(=O)c1cccc(NC(=O)C(C)c2ccccc2)c1. The van der Waals surface area contributed by atoms with Crippen molar-refractivity contribution in [2.75, 3.05) is 12.4 Å². The Labute approximate surface area is 123 Å². The Morgan fingerprint density at radius 2 is 1.76 bits per heavy atom. The van der Waals surface area contributed by atoms with Gasteiger partial charge >= 0.3 is 5.97 Å². The highest BCUT2D eigenvalue weighted by Crippen LogP contribution is 2.18. The summed E-state index contributed by atoms with van der Waals surface area (Å²) < 4.78 is 4.66. The van der Waals surface area contributed by atoms with Crippen LogP contribution in [-0.4, -0.2) is 19.0 Å². The predicted octanol–water partition coefficient (Wildman–Crippen LogP) is 3.22. The van der Waals surface area contributed by atoms with E-state index in [1.54, 1.807) is 24.3 Å². The van der Waals surface area contributed by atoms with Gasteiger partial charge in [-0.3, -0.25) is 4.79 Å². The first-order valence-electron chi connectivity index (χ1n) is 6.66. The Hall–Kier alpha value is -2.62. The lowest BCUT2D eigenvalue weighted by Gasteiger charge is -2.13. The number of esters is 1. The molecule has 0 bridgehead atoms. The lowest BCUT2D eigenvalue weighted by atomic mass is 10.0. The van der Waals surface area contributed by atoms with Gasteiger partial charge in [-0.15, -0.1) is 0 Å². The maximum Gasteiger partial charge on any atom is 0.337 e. The molecule has 1 atom stereocenters. The molecule has 0 aliphatic heterocycles. The van der Waals surface area contributed by atoms with Gasteiger partial charge in [0.25, 0.3) is 0 Å². The molecule has 0 heterocycles. The van der Waals surface area contributed by atoms with Gasteiger partial charge in [0.1, 0.15) is 0 Å². The standard InChI is InChI=1S/C17H17NO3/c1-12(13-7-4-3-5-8-13)16(19)18-15-10-6-9-14(11-15)17(20)21-2/h3-12H,1-2H3,(H,18,19). The van der Waals surface area contributed by atoms with Crippen LogP contribution in [0, 0.1) is 0 Å². The number of carbonyl (C=O) groups excluding carboxylic acids is 2. The Morgan fingerprint density at radius 1 is 1.05 bits per heavy atom. The molecule has 4 heteroatoms. The van der Waals surface area contributed by atoms with Crippen LogP contribution >= 0.6 is 0 Å². The Kier molecular flexibility index (Phi) is 4.72. The van der Waals surface area contributed by atoms with Gasteiger partial charge in [-0.25, -0.2) is 4.79 Å². The highest BCUT2D eigenvalue weighted by Gasteiger charge is 2.15. The van der Waals surface area contributed by atoms with Crippen molar-refractivity contribution in [3.05, 3.63) is 65.7 Å². The van der Waals surface area contributed by atoms with E-state index < -0.39 is 5.97 Å². The number of rotatable bonds is 4. The van der Waals surface area contributed by atoms with Crippen LogP contribution < -0.4 is 5.32 Å². The number of hydrogen-bond donors (Lipinski definition) is 1. The van der Waals surface area contributed by atoms with Gasteiger partial charge < -0.3 is 10.1 Å². The number of methoxy groups -OCH3 is 1. The fraction of sp³-hybridized carbons (Fsp3) is 0.176. The van der Waals surface area contributed by atoms with Crippen molar-refractivity contribution in [1.29, 1.82) is 0 Å². The Morgan fingerprint density at radius 3 is 2.43 bits per heavy atom. The second-order valence-corrected chi connectivity index (χ2v) is 4.69. The zero-order valence-electron chi connectivity index (χ0n) is 12.0. The molecule has 2 aromatic carbocycles. The minimum Gasteiger partial charge on any atom is -0.465 e. The topological polar surface area (TPSA) is 55.4 Å². The van der Waals surface area contributed by atoms with E-state index in [4.69, 9.17) is 0 Å². The summed E-state index contributed by atoms with van der Waals surface area (Å²) in [6.07, 6.45) is 0. The van der Waals surface area contributed by atoms with Gasteiger partial charge in [-0.1, -0.05) is 36.4 Å². The molecule has 0 radical (unpaired) electrons. The van der Waals surface area contributed by atoms with E-state index in [9.17, 15) is 9.59 Å². The van der Waals surface area contributed by atoms with Crippen LogP contribution in [0.25, 0.3) is 0 Å². The average Bonchev–Trinajstić information content (AvgIpc) is 2.54. The van der Waals surface area contributed by atoms with Crippen molar-refractivity contribution in [3.63, 3.8) is 0 Å². The third kappa shape index (κ3) is 3.69. The van der Waals surface area contributed by atoms with Gasteiger partial charge in [0.15, 0.2) is 0 Å². The fourth-order valence-corrected chi connectivity index (χ4v) is 1.99. The van der Waals surface area contributed by atoms with E-state index in [1.807, 2.05) is 37.3 Å². The summed E-state index contributed by atoms with van der Waals surface area (Å²) in [6, 6.07) is 16.2. The highest BCUT2D eigenvalue weighted by molar-refractivity contribution is 5.97. The first kappa shape index (κ1) is 14.8. The monoisotopic (exact) mass is 283 g/mol. The number of amides is 1. The number of anilines is 1. The molecule has 2 rings (SSSR count). The van der Waals surface area contributed by atoms with Gasteiger partial charge in [-0.05, 0) is 30.7 Å². The second kappa shape index (κ2) is 6.70. The molecule has 0 aliphatic rings. The smallest absolute Gasteiger partial charge is 0.337 e. The third-order valence-electron chi connectivity index (χ3n) is 3.24. The molecule has 0 aliphatic carbocycles. The number of nitrogens with one attached hydrogen (secondary N) is 1. The lowest BCUT2D eigenvalue weighted by molar-refractivity contribution is -0.117. The predicted molar refractivity (Wildman–Crippen MR) is 81.3 cm³/mol. The van der Waals surface area contributed by atoms with Crippen LogP contribution in [0.5, 0.6) is 0 Å². The van der Waals surface area contributed by atoms with E-state index in [0.29, 0.717) is 11.3 Å². The molecule has 1 N–H and O–H groups in total. The fourth-order valence-electron chi connectivity index (χ4n) is 1.99. The van der Waals surface area contributed by atoms with Crippen molar-refractivity contribution in [3.8, 4) is 0 Å². The van der Waals surface area contributed by atoms with Crippen LogP contribution in [0.4, 0.5) is 5.69 Å². The molecule has 0 saturated carbocycles. The quantitative estimate of drug-likeness (QED) is 0.877. The van der Waals surface area contributed by atoms with E-state index in [0.717, 1.165) is 5.56 Å². The van der Waals surface area contributed by atoms with E-state index >= 15 is 0 Å². The minimum atomic E-state index is -0.429. The molecule has 108 valence electrons. The van der Waals surface area contributed by atoms with E-state index in [2.05, 4.69) is 10.1 Å². The highest BCUT2D eigenvalue weighted by atomic mass is 16.5. The number of hydrogen-bond acceptors (Lipinski definition) is 3. The summed E-state index contributed by atoms with van der Waals surface area (Å²) in [5.41, 5.74) is 1.92. The molecule has 0 saturated heterocycles. The van der Waals surface area contributed by atoms with Crippen molar-refractivity contribution in [1.82, 2.24) is 0 Å². The number of benzene rings is 2. The van der Waals surface area contributed by atoms with Crippen LogP contribution in [0.15, 0.2) is 54.6 Å². The molecule has 0 fully saturated rings. The summed E-state index contributed by atoms with van der Waals surface area (Å²) in [6.45, 7) is 1.84. The zero-order chi connectivity index (χ0) is 15.2. The molecule has 2 aromatic rings. The van der Waals surface area contributed by atoms with Crippen molar-refractivity contribution in [2.45, 2.75) is 12.8 Å². The van der Waals surface area contributed by atoms with Crippen LogP contribution in [0.3, 0.4) is 0 Å². The van der Waals surface area contributed by atoms with E-state index in [-0.39, 0.29) is 11.8 Å². The summed E-state index contributed by atoms with van der Waals surface area (Å²) in [4.78, 5) is 23.7. The third-order valence-corrected chi connectivity index (χ3v) is 3.24. The maximum absolute atomic E-state index is 12.2. The van der Waals surface area contributed by atoms with Crippen molar-refractivity contribution in [2.24, 2.45) is 0 Å². The molecule has 21 heavy (non-hydrogen) atoms. The summed E-state index contributed by atoms with van der Waals surface area (Å²) in [5.74, 6) is -0.821. The Bertz CT molecular complexity index is 637. The minimum absolute atomic E-state index is 0.122. The number of carbonyl (C=O) groups is 2. The molecule has 4 nitrogen and oxygen atoms in total. The molecule has 0 spiro atoms. The molecular formula is C17H17NO3. The summed E-state index contributed by atoms with van der Waals surface area (Å²) >= 11 is 0. The molecule has 1 unspecified atom stereocenters. The van der Waals surface area contributed by atoms with Crippen LogP contribution in [0.2, 0.25) is 0 Å². The Balaban J connectivity index is 2.11. The lowest BCUT2D eigenvalue weighted by Crippen LogP contribution is -2.19. The van der Waals surface area contributed by atoms with Gasteiger partial charge in [-0.2, -0.15) is 0 Å². The normalized spacial score (nSPS) is 11.5. The van der Waals surface area contributed by atoms with E-state index in [1.165, 1.54) is 7.11 Å². The number of ether oxygens (including phenoxy) is 1. The second-order valence-electron chi connectivity index (χ2n) is 4.69. The van der Waals surface area contributed by atoms with Crippen molar-refractivity contribution < 1.29 is 14.3 Å². The van der Waals surface area contributed by atoms with Gasteiger partial charge in [0.05, 0.1) is 18.6 Å². The summed E-state index contributed by atoms with van der Waals surface area (Å²) in [5, 5.41) is 2.81. The van der Waals surface area contributed by atoms with Gasteiger partial charge in [0.2, 0.25) is 5.91 Å².